The maximum absolute atomic E-state index is 12.7. The molecule has 2 aliphatic heterocycles. The Hall–Kier alpha value is -0.280. The highest BCUT2D eigenvalue weighted by Crippen LogP contribution is 2.30. The molecular weight excluding hydrogens is 260 g/mol. The average molecular weight is 289 g/mol. The highest BCUT2D eigenvalue weighted by molar-refractivity contribution is 5.85. The van der Waals surface area contributed by atoms with Gasteiger partial charge in [-0.05, 0) is 51.5 Å². The molecule has 0 radical (unpaired) electrons. The molecule has 2 rings (SSSR count). The van der Waals surface area contributed by atoms with E-state index in [1.165, 1.54) is 25.7 Å². The summed E-state index contributed by atoms with van der Waals surface area (Å²) in [5.41, 5.74) is -0.149. The molecule has 0 aromatic carbocycles. The number of nitrogens with zero attached hydrogens (tertiary/aromatic N) is 1. The minimum absolute atomic E-state index is 0. The Morgan fingerprint density at radius 1 is 1.32 bits per heavy atom. The fraction of sp³-hybridized carbons (Fsp3) is 0.933. The van der Waals surface area contributed by atoms with Crippen LogP contribution >= 0.6 is 12.4 Å². The topological polar surface area (TPSA) is 32.3 Å². The number of carbonyl (C=O) groups is 1. The van der Waals surface area contributed by atoms with Crippen LogP contribution in [-0.2, 0) is 4.79 Å². The van der Waals surface area contributed by atoms with Crippen LogP contribution in [0.5, 0.6) is 0 Å². The first kappa shape index (κ1) is 16.8. The molecule has 3 nitrogen and oxygen atoms in total. The van der Waals surface area contributed by atoms with Gasteiger partial charge in [0.25, 0.3) is 0 Å². The smallest absolute Gasteiger partial charge is 0.229 e. The second-order valence-electron chi connectivity index (χ2n) is 6.34. The third kappa shape index (κ3) is 4.09. The summed E-state index contributed by atoms with van der Waals surface area (Å²) in [5.74, 6) is 1.23. The number of hydrogen-bond acceptors (Lipinski definition) is 2. The van der Waals surface area contributed by atoms with E-state index in [-0.39, 0.29) is 17.8 Å². The van der Waals surface area contributed by atoms with Gasteiger partial charge in [-0.25, -0.2) is 0 Å². The van der Waals surface area contributed by atoms with Gasteiger partial charge in [-0.1, -0.05) is 13.3 Å². The lowest BCUT2D eigenvalue weighted by Gasteiger charge is -2.37. The Kier molecular flexibility index (Phi) is 6.61. The van der Waals surface area contributed by atoms with Gasteiger partial charge < -0.3 is 10.2 Å². The molecule has 2 fully saturated rings. The first-order valence-electron chi connectivity index (χ1n) is 7.66. The highest BCUT2D eigenvalue weighted by Gasteiger charge is 2.38. The maximum Gasteiger partial charge on any atom is 0.229 e. The zero-order chi connectivity index (χ0) is 13.0. The number of nitrogens with one attached hydrogen (secondary N) is 1. The molecule has 0 saturated carbocycles. The van der Waals surface area contributed by atoms with Crippen LogP contribution in [-0.4, -0.2) is 37.0 Å². The van der Waals surface area contributed by atoms with E-state index in [9.17, 15) is 4.79 Å². The molecule has 2 saturated heterocycles. The van der Waals surface area contributed by atoms with Crippen molar-refractivity contribution >= 4 is 18.3 Å². The predicted molar refractivity (Wildman–Crippen MR) is 81.7 cm³/mol. The fourth-order valence-corrected chi connectivity index (χ4v) is 3.40. The Morgan fingerprint density at radius 2 is 2.11 bits per heavy atom. The average Bonchev–Trinajstić information content (AvgIpc) is 2.64. The zero-order valence-corrected chi connectivity index (χ0v) is 13.2. The summed E-state index contributed by atoms with van der Waals surface area (Å²) in [6.45, 7) is 8.30. The van der Waals surface area contributed by atoms with Crippen LogP contribution in [0.1, 0.15) is 52.4 Å². The lowest BCUT2D eigenvalue weighted by molar-refractivity contribution is -0.142. The molecule has 112 valence electrons. The maximum atomic E-state index is 12.7. The molecule has 2 atom stereocenters. The van der Waals surface area contributed by atoms with Gasteiger partial charge in [-0.2, -0.15) is 0 Å². The monoisotopic (exact) mass is 288 g/mol. The number of carbonyl (C=O) groups excluding carboxylic acids is 1. The zero-order valence-electron chi connectivity index (χ0n) is 12.4. The Labute approximate surface area is 123 Å². The molecule has 0 aromatic rings. The molecule has 1 amide bonds. The van der Waals surface area contributed by atoms with Crippen molar-refractivity contribution in [3.8, 4) is 0 Å². The molecule has 0 bridgehead atoms. The highest BCUT2D eigenvalue weighted by atomic mass is 35.5. The van der Waals surface area contributed by atoms with Gasteiger partial charge >= 0.3 is 0 Å². The van der Waals surface area contributed by atoms with Crippen molar-refractivity contribution in [3.05, 3.63) is 0 Å². The summed E-state index contributed by atoms with van der Waals surface area (Å²) >= 11 is 0. The van der Waals surface area contributed by atoms with Gasteiger partial charge in [0.1, 0.15) is 0 Å². The Morgan fingerprint density at radius 3 is 2.74 bits per heavy atom. The molecule has 0 aliphatic carbocycles. The number of piperidine rings is 1. The van der Waals surface area contributed by atoms with Crippen LogP contribution in [0.4, 0.5) is 0 Å². The second-order valence-corrected chi connectivity index (χ2v) is 6.34. The van der Waals surface area contributed by atoms with Crippen LogP contribution in [0.15, 0.2) is 0 Å². The molecule has 0 spiro atoms. The van der Waals surface area contributed by atoms with E-state index in [0.717, 1.165) is 44.9 Å². The van der Waals surface area contributed by atoms with Crippen molar-refractivity contribution in [1.82, 2.24) is 10.2 Å². The molecule has 4 heteroatoms. The summed E-state index contributed by atoms with van der Waals surface area (Å²) < 4.78 is 0. The number of halogens is 1. The van der Waals surface area contributed by atoms with Gasteiger partial charge in [0, 0.05) is 19.6 Å². The number of hydrogen-bond donors (Lipinski definition) is 1. The first-order chi connectivity index (χ1) is 8.65. The summed E-state index contributed by atoms with van der Waals surface area (Å²) in [5, 5.41) is 3.38. The Balaban J connectivity index is 0.00000180. The molecule has 2 unspecified atom stereocenters. The summed E-state index contributed by atoms with van der Waals surface area (Å²) in [6.07, 6.45) is 7.13. The predicted octanol–water partition coefficient (Wildman–Crippen LogP) is 2.84. The number of amides is 1. The van der Waals surface area contributed by atoms with Crippen molar-refractivity contribution < 1.29 is 4.79 Å². The van der Waals surface area contributed by atoms with Crippen LogP contribution in [0.3, 0.4) is 0 Å². The molecule has 19 heavy (non-hydrogen) atoms. The van der Waals surface area contributed by atoms with Gasteiger partial charge in [0.15, 0.2) is 0 Å². The van der Waals surface area contributed by atoms with Crippen molar-refractivity contribution in [2.45, 2.75) is 52.4 Å². The fourth-order valence-electron chi connectivity index (χ4n) is 3.40. The van der Waals surface area contributed by atoms with Crippen LogP contribution in [0.25, 0.3) is 0 Å². The standard InChI is InChI=1S/C15H28N2O.ClH/c1-3-13-6-4-10-17(11-7-13)14(18)15(2)8-5-9-16-12-15;/h13,16H,3-12H2,1-2H3;1H. The van der Waals surface area contributed by atoms with E-state index in [1.54, 1.807) is 0 Å². The number of likely N-dealkylation sites (tertiary alicyclic amines) is 1. The van der Waals surface area contributed by atoms with E-state index < -0.39 is 0 Å². The Bertz CT molecular complexity index is 290. The quantitative estimate of drug-likeness (QED) is 0.847. The minimum atomic E-state index is -0.149. The van der Waals surface area contributed by atoms with Crippen molar-refractivity contribution in [3.63, 3.8) is 0 Å². The first-order valence-corrected chi connectivity index (χ1v) is 7.66. The van der Waals surface area contributed by atoms with E-state index in [1.807, 2.05) is 0 Å². The van der Waals surface area contributed by atoms with E-state index in [2.05, 4.69) is 24.1 Å². The van der Waals surface area contributed by atoms with Crippen LogP contribution in [0.2, 0.25) is 0 Å². The summed E-state index contributed by atoms with van der Waals surface area (Å²) in [4.78, 5) is 14.9. The normalized spacial score (nSPS) is 32.3. The molecule has 1 N–H and O–H groups in total. The lowest BCUT2D eigenvalue weighted by atomic mass is 9.81. The largest absolute Gasteiger partial charge is 0.342 e. The van der Waals surface area contributed by atoms with Crippen LogP contribution in [0, 0.1) is 11.3 Å². The van der Waals surface area contributed by atoms with E-state index in [0.29, 0.717) is 5.91 Å². The van der Waals surface area contributed by atoms with E-state index in [4.69, 9.17) is 0 Å². The third-order valence-corrected chi connectivity index (χ3v) is 4.83. The SMILES string of the molecule is CCC1CCCN(C(=O)C2(C)CCCNC2)CC1.Cl. The molecule has 0 aromatic heterocycles. The number of rotatable bonds is 2. The molecule has 2 heterocycles. The minimum Gasteiger partial charge on any atom is -0.342 e. The molecular formula is C15H29ClN2O. The third-order valence-electron chi connectivity index (χ3n) is 4.83. The van der Waals surface area contributed by atoms with Crippen molar-refractivity contribution in [2.75, 3.05) is 26.2 Å². The lowest BCUT2D eigenvalue weighted by Crippen LogP contribution is -2.50. The summed E-state index contributed by atoms with van der Waals surface area (Å²) in [6, 6.07) is 0. The van der Waals surface area contributed by atoms with Crippen LogP contribution < -0.4 is 5.32 Å². The molecule has 2 aliphatic rings. The van der Waals surface area contributed by atoms with Gasteiger partial charge in [-0.3, -0.25) is 4.79 Å². The van der Waals surface area contributed by atoms with Crippen molar-refractivity contribution in [2.24, 2.45) is 11.3 Å². The van der Waals surface area contributed by atoms with Gasteiger partial charge in [0.2, 0.25) is 5.91 Å². The second kappa shape index (κ2) is 7.49. The van der Waals surface area contributed by atoms with Gasteiger partial charge in [0.05, 0.1) is 5.41 Å². The summed E-state index contributed by atoms with van der Waals surface area (Å²) in [7, 11) is 0. The van der Waals surface area contributed by atoms with E-state index >= 15 is 0 Å². The van der Waals surface area contributed by atoms with Crippen molar-refractivity contribution in [1.29, 1.82) is 0 Å². The van der Waals surface area contributed by atoms with Gasteiger partial charge in [-0.15, -0.1) is 12.4 Å².